The number of phenolic OH excluding ortho intramolecular Hbond substituents is 1. The number of phenols is 1. The van der Waals surface area contributed by atoms with Gasteiger partial charge >= 0.3 is 6.09 Å². The number of hydrogen-bond acceptors (Lipinski definition) is 5. The molecule has 220 valence electrons. The normalized spacial score (nSPS) is 13.6. The number of aryl methyl sites for hydroxylation is 2. The fourth-order valence-corrected chi connectivity index (χ4v) is 4.56. The Morgan fingerprint density at radius 3 is 2.15 bits per heavy atom. The van der Waals surface area contributed by atoms with Gasteiger partial charge in [-0.1, -0.05) is 50.6 Å². The number of rotatable bonds is 12. The second-order valence-electron chi connectivity index (χ2n) is 11.5. The van der Waals surface area contributed by atoms with Gasteiger partial charge in [-0.2, -0.15) is 0 Å². The van der Waals surface area contributed by atoms with Crippen LogP contribution in [0.15, 0.2) is 42.5 Å². The van der Waals surface area contributed by atoms with Crippen LogP contribution in [0.2, 0.25) is 0 Å². The minimum atomic E-state index is -0.999. The van der Waals surface area contributed by atoms with Gasteiger partial charge < -0.3 is 25.4 Å². The van der Waals surface area contributed by atoms with E-state index in [-0.39, 0.29) is 30.0 Å². The van der Waals surface area contributed by atoms with Crippen LogP contribution < -0.4 is 10.6 Å². The molecule has 0 fully saturated rings. The van der Waals surface area contributed by atoms with Gasteiger partial charge in [-0.3, -0.25) is 9.59 Å². The molecular formula is C32H47N3O5. The first-order chi connectivity index (χ1) is 18.7. The highest BCUT2D eigenvalue weighted by Crippen LogP contribution is 2.26. The van der Waals surface area contributed by atoms with Gasteiger partial charge in [0.15, 0.2) is 0 Å². The maximum Gasteiger partial charge on any atom is 0.408 e. The zero-order chi connectivity index (χ0) is 30.0. The first-order valence-electron chi connectivity index (χ1n) is 14.2. The molecular weight excluding hydrogens is 506 g/mol. The highest BCUT2D eigenvalue weighted by Gasteiger charge is 2.36. The Morgan fingerprint density at radius 2 is 1.60 bits per heavy atom. The Bertz CT molecular complexity index is 1140. The number of alkyl carbamates (subject to hydrolysis) is 1. The minimum Gasteiger partial charge on any atom is -0.508 e. The highest BCUT2D eigenvalue weighted by molar-refractivity contribution is 5.92. The molecule has 40 heavy (non-hydrogen) atoms. The summed E-state index contributed by atoms with van der Waals surface area (Å²) in [5, 5.41) is 15.6. The van der Waals surface area contributed by atoms with Crippen LogP contribution in [0.3, 0.4) is 0 Å². The Morgan fingerprint density at radius 1 is 0.950 bits per heavy atom. The van der Waals surface area contributed by atoms with Crippen molar-refractivity contribution in [2.24, 2.45) is 0 Å². The van der Waals surface area contributed by atoms with Crippen molar-refractivity contribution >= 4 is 17.9 Å². The maximum absolute atomic E-state index is 14.3. The third-order valence-electron chi connectivity index (χ3n) is 6.63. The molecule has 8 heteroatoms. The van der Waals surface area contributed by atoms with Gasteiger partial charge in [-0.25, -0.2) is 4.79 Å². The van der Waals surface area contributed by atoms with E-state index in [1.54, 1.807) is 37.8 Å². The molecule has 3 amide bonds. The van der Waals surface area contributed by atoms with Gasteiger partial charge in [-0.05, 0) is 88.8 Å². The molecule has 0 saturated carbocycles. The van der Waals surface area contributed by atoms with Crippen molar-refractivity contribution in [2.75, 3.05) is 6.54 Å². The highest BCUT2D eigenvalue weighted by atomic mass is 16.6. The SMILES string of the molecule is CCCC(C)NC(=O)C(c1ccc(C)c(C)c1)N(CCC)C(=O)C(Cc1ccc(O)cc1)NC(=O)OC(C)(C)C. The maximum atomic E-state index is 14.3. The molecule has 0 aliphatic heterocycles. The predicted octanol–water partition coefficient (Wildman–Crippen LogP) is 5.73. The molecule has 0 radical (unpaired) electrons. The van der Waals surface area contributed by atoms with E-state index in [1.165, 1.54) is 12.1 Å². The average Bonchev–Trinajstić information content (AvgIpc) is 2.85. The van der Waals surface area contributed by atoms with E-state index in [4.69, 9.17) is 4.74 Å². The number of benzene rings is 2. The summed E-state index contributed by atoms with van der Waals surface area (Å²) in [6.07, 6.45) is 1.79. The van der Waals surface area contributed by atoms with Crippen LogP contribution in [0, 0.1) is 13.8 Å². The molecule has 3 atom stereocenters. The monoisotopic (exact) mass is 553 g/mol. The van der Waals surface area contributed by atoms with Crippen LogP contribution in [0.1, 0.15) is 89.1 Å². The first kappa shape index (κ1) is 32.7. The van der Waals surface area contributed by atoms with Crippen LogP contribution >= 0.6 is 0 Å². The molecule has 2 aromatic rings. The number of amides is 3. The molecule has 0 aromatic heterocycles. The molecule has 0 saturated heterocycles. The van der Waals surface area contributed by atoms with E-state index in [2.05, 4.69) is 17.6 Å². The number of ether oxygens (including phenoxy) is 1. The lowest BCUT2D eigenvalue weighted by atomic mass is 9.97. The summed E-state index contributed by atoms with van der Waals surface area (Å²) in [5.74, 6) is -0.541. The number of hydrogen-bond donors (Lipinski definition) is 3. The smallest absolute Gasteiger partial charge is 0.408 e. The summed E-state index contributed by atoms with van der Waals surface area (Å²) < 4.78 is 5.48. The average molecular weight is 554 g/mol. The summed E-state index contributed by atoms with van der Waals surface area (Å²) in [6, 6.07) is 10.4. The molecule has 8 nitrogen and oxygen atoms in total. The van der Waals surface area contributed by atoms with E-state index in [0.717, 1.165) is 29.5 Å². The molecule has 3 N–H and O–H groups in total. The fourth-order valence-electron chi connectivity index (χ4n) is 4.56. The Balaban J connectivity index is 2.55. The van der Waals surface area contributed by atoms with Crippen molar-refractivity contribution in [3.8, 4) is 5.75 Å². The molecule has 0 aliphatic carbocycles. The minimum absolute atomic E-state index is 0.0576. The van der Waals surface area contributed by atoms with Crippen molar-refractivity contribution in [3.63, 3.8) is 0 Å². The lowest BCUT2D eigenvalue weighted by molar-refractivity contribution is -0.142. The van der Waals surface area contributed by atoms with Gasteiger partial charge in [0, 0.05) is 19.0 Å². The van der Waals surface area contributed by atoms with Gasteiger partial charge in [0.25, 0.3) is 0 Å². The summed E-state index contributed by atoms with van der Waals surface area (Å²) in [7, 11) is 0. The lowest BCUT2D eigenvalue weighted by Crippen LogP contribution is -2.54. The van der Waals surface area contributed by atoms with Crippen LogP contribution in [-0.2, 0) is 20.7 Å². The van der Waals surface area contributed by atoms with Crippen molar-refractivity contribution in [2.45, 2.75) is 105 Å². The summed E-state index contributed by atoms with van der Waals surface area (Å²) in [6.45, 7) is 15.5. The van der Waals surface area contributed by atoms with E-state index in [9.17, 15) is 19.5 Å². The van der Waals surface area contributed by atoms with Crippen LogP contribution in [-0.4, -0.2) is 52.1 Å². The van der Waals surface area contributed by atoms with Crippen LogP contribution in [0.4, 0.5) is 4.79 Å². The molecule has 2 aromatic carbocycles. The van der Waals surface area contributed by atoms with Gasteiger partial charge in [-0.15, -0.1) is 0 Å². The molecule has 0 spiro atoms. The topological polar surface area (TPSA) is 108 Å². The quantitative estimate of drug-likeness (QED) is 0.311. The van der Waals surface area contributed by atoms with Crippen molar-refractivity contribution in [1.29, 1.82) is 0 Å². The van der Waals surface area contributed by atoms with E-state index >= 15 is 0 Å². The number of aromatic hydroxyl groups is 1. The number of carbonyl (C=O) groups is 3. The second kappa shape index (κ2) is 14.7. The Kier molecular flexibility index (Phi) is 12.0. The van der Waals surface area contributed by atoms with E-state index < -0.39 is 23.8 Å². The number of carbonyl (C=O) groups excluding carboxylic acids is 3. The molecule has 2 rings (SSSR count). The molecule has 3 unspecified atom stereocenters. The van der Waals surface area contributed by atoms with E-state index in [0.29, 0.717) is 18.5 Å². The van der Waals surface area contributed by atoms with Crippen molar-refractivity contribution < 1.29 is 24.2 Å². The summed E-state index contributed by atoms with van der Waals surface area (Å²) in [5.41, 5.74) is 2.82. The zero-order valence-corrected chi connectivity index (χ0v) is 25.3. The van der Waals surface area contributed by atoms with E-state index in [1.807, 2.05) is 45.9 Å². The third kappa shape index (κ3) is 9.88. The largest absolute Gasteiger partial charge is 0.508 e. The molecule has 0 aliphatic rings. The van der Waals surface area contributed by atoms with Crippen molar-refractivity contribution in [3.05, 3.63) is 64.7 Å². The fraction of sp³-hybridized carbons (Fsp3) is 0.531. The summed E-state index contributed by atoms with van der Waals surface area (Å²) >= 11 is 0. The van der Waals surface area contributed by atoms with Crippen LogP contribution in [0.5, 0.6) is 5.75 Å². The zero-order valence-electron chi connectivity index (χ0n) is 25.3. The molecule has 0 heterocycles. The Hall–Kier alpha value is -3.55. The van der Waals surface area contributed by atoms with Crippen molar-refractivity contribution in [1.82, 2.24) is 15.5 Å². The standard InChI is InChI=1S/C32H47N3O5/c1-9-11-23(5)33-29(37)28(25-15-12-21(3)22(4)19-25)35(18-10-2)30(38)27(34-31(39)40-32(6,7)8)20-24-13-16-26(36)17-14-24/h12-17,19,23,27-28,36H,9-11,18,20H2,1-8H3,(H,33,37)(H,34,39). The second-order valence-corrected chi connectivity index (χ2v) is 11.5. The van der Waals surface area contributed by atoms with Gasteiger partial charge in [0.05, 0.1) is 0 Å². The first-order valence-corrected chi connectivity index (χ1v) is 14.2. The third-order valence-corrected chi connectivity index (χ3v) is 6.63. The summed E-state index contributed by atoms with van der Waals surface area (Å²) in [4.78, 5) is 42.6. The predicted molar refractivity (Wildman–Crippen MR) is 158 cm³/mol. The Labute approximate surface area is 239 Å². The molecule has 0 bridgehead atoms. The lowest BCUT2D eigenvalue weighted by Gasteiger charge is -2.35. The number of nitrogens with zero attached hydrogens (tertiary/aromatic N) is 1. The van der Waals surface area contributed by atoms with Gasteiger partial charge in [0.1, 0.15) is 23.4 Å². The van der Waals surface area contributed by atoms with Crippen LogP contribution in [0.25, 0.3) is 0 Å². The number of nitrogens with one attached hydrogen (secondary N) is 2. The van der Waals surface area contributed by atoms with Gasteiger partial charge in [0.2, 0.25) is 11.8 Å².